The molecule has 0 unspecified atom stereocenters. The molecule has 2 N–H and O–H groups in total. The van der Waals surface area contributed by atoms with Crippen LogP contribution in [0.2, 0.25) is 0 Å². The summed E-state index contributed by atoms with van der Waals surface area (Å²) in [5.41, 5.74) is 6.53. The maximum absolute atomic E-state index is 13.3. The molecule has 4 aromatic carbocycles. The third-order valence-electron chi connectivity index (χ3n) is 6.70. The van der Waals surface area contributed by atoms with Crippen molar-refractivity contribution in [3.8, 4) is 6.07 Å². The Morgan fingerprint density at radius 1 is 0.952 bits per heavy atom. The van der Waals surface area contributed by atoms with Crippen LogP contribution < -0.4 is 10.1 Å². The van der Waals surface area contributed by atoms with Gasteiger partial charge >= 0.3 is 0 Å². The third kappa shape index (κ3) is 6.94. The Balaban J connectivity index is 1.37. The summed E-state index contributed by atoms with van der Waals surface area (Å²) in [4.78, 5) is 13.4. The van der Waals surface area contributed by atoms with Gasteiger partial charge in [-0.25, -0.2) is 13.8 Å². The van der Waals surface area contributed by atoms with Crippen molar-refractivity contribution < 1.29 is 13.2 Å². The molecule has 210 valence electrons. The van der Waals surface area contributed by atoms with E-state index >= 15 is 0 Å². The number of benzene rings is 4. The lowest BCUT2D eigenvalue weighted by atomic mass is 10.1. The van der Waals surface area contributed by atoms with Crippen LogP contribution in [0.25, 0.3) is 10.9 Å². The van der Waals surface area contributed by atoms with Gasteiger partial charge in [-0.1, -0.05) is 66.7 Å². The van der Waals surface area contributed by atoms with Crippen LogP contribution in [-0.2, 0) is 27.8 Å². The molecule has 10 heteroatoms. The van der Waals surface area contributed by atoms with E-state index in [4.69, 9.17) is 0 Å². The summed E-state index contributed by atoms with van der Waals surface area (Å²) in [5.74, 6) is -0.587. The van der Waals surface area contributed by atoms with Crippen molar-refractivity contribution in [2.75, 3.05) is 0 Å². The van der Waals surface area contributed by atoms with E-state index in [1.54, 1.807) is 24.4 Å². The predicted molar refractivity (Wildman–Crippen MR) is 171 cm³/mol. The fraction of sp³-hybridized carbons (Fsp3) is 0.0938. The number of aromatic nitrogens is 1. The molecule has 42 heavy (non-hydrogen) atoms. The van der Waals surface area contributed by atoms with E-state index in [1.165, 1.54) is 12.1 Å². The van der Waals surface area contributed by atoms with Crippen molar-refractivity contribution >= 4 is 55.6 Å². The Bertz CT molecular complexity index is 1900. The molecule has 0 aliphatic rings. The predicted octanol–water partition coefficient (Wildman–Crippen LogP) is 5.21. The zero-order chi connectivity index (χ0) is 29.5. The number of fused-ring (bicyclic) bond motifs is 1. The van der Waals surface area contributed by atoms with E-state index in [-0.39, 0.29) is 11.3 Å². The van der Waals surface area contributed by atoms with Crippen LogP contribution in [0.4, 0.5) is 0 Å². The first kappa shape index (κ1) is 29.2. The molecule has 0 aliphatic carbocycles. The normalized spacial score (nSPS) is 12.3. The van der Waals surface area contributed by atoms with Gasteiger partial charge < -0.3 is 4.57 Å². The Kier molecular flexibility index (Phi) is 9.12. The Hall–Kier alpha value is -4.31. The monoisotopic (exact) mass is 687 g/mol. The summed E-state index contributed by atoms with van der Waals surface area (Å²) < 4.78 is 31.7. The molecular formula is C32H26IN5O3S. The van der Waals surface area contributed by atoms with Crippen LogP contribution in [0.5, 0.6) is 0 Å². The van der Waals surface area contributed by atoms with Crippen molar-refractivity contribution in [3.63, 3.8) is 0 Å². The van der Waals surface area contributed by atoms with E-state index in [0.717, 1.165) is 31.2 Å². The largest absolute Gasteiger partial charge is 0.342 e. The average molecular weight is 688 g/mol. The van der Waals surface area contributed by atoms with Crippen LogP contribution in [0.15, 0.2) is 119 Å². The summed E-state index contributed by atoms with van der Waals surface area (Å²) in [6.45, 7) is 0.490. The standard InChI is InChI=1S/C32H26IN5O3S/c33-27-14-16-28(17-15-27)42(40,41)37-30(18-23-8-2-1-3-9-23)32(39)36-35-20-26-22-38(31-13-7-6-12-29(26)31)21-25-11-5-4-10-24(25)19-34/h1-17,20,22,30,37H,18,21H2,(H,36,39)/b35-20-/t30-/m1/s1. The molecule has 1 amide bonds. The number of nitrogens with zero attached hydrogens (tertiary/aromatic N) is 3. The van der Waals surface area contributed by atoms with Crippen molar-refractivity contribution in [2.24, 2.45) is 5.10 Å². The Morgan fingerprint density at radius 3 is 2.40 bits per heavy atom. The first-order chi connectivity index (χ1) is 20.3. The van der Waals surface area contributed by atoms with Gasteiger partial charge in [0.1, 0.15) is 6.04 Å². The van der Waals surface area contributed by atoms with Crippen molar-refractivity contribution in [1.29, 1.82) is 5.26 Å². The fourth-order valence-electron chi connectivity index (χ4n) is 4.61. The number of amides is 1. The van der Waals surface area contributed by atoms with Crippen LogP contribution in [0.1, 0.15) is 22.3 Å². The van der Waals surface area contributed by atoms with E-state index in [0.29, 0.717) is 12.1 Å². The summed E-state index contributed by atoms with van der Waals surface area (Å²) in [6.07, 6.45) is 3.60. The SMILES string of the molecule is N#Cc1ccccc1Cn1cc(/C=N\NC(=O)[C@@H](Cc2ccccc2)NS(=O)(=O)c2ccc(I)cc2)c2ccccc21. The van der Waals surface area contributed by atoms with Gasteiger partial charge in [0.05, 0.1) is 22.7 Å². The highest BCUT2D eigenvalue weighted by atomic mass is 127. The number of nitriles is 1. The number of rotatable bonds is 10. The lowest BCUT2D eigenvalue weighted by Gasteiger charge is -2.17. The van der Waals surface area contributed by atoms with Gasteiger partial charge in [-0.05, 0) is 76.5 Å². The molecular weight excluding hydrogens is 661 g/mol. The van der Waals surface area contributed by atoms with Gasteiger partial charge in [0.2, 0.25) is 10.0 Å². The zero-order valence-electron chi connectivity index (χ0n) is 22.3. The minimum absolute atomic E-state index is 0.0723. The second-order valence-corrected chi connectivity index (χ2v) is 12.5. The second kappa shape index (κ2) is 13.1. The third-order valence-corrected chi connectivity index (χ3v) is 8.90. The molecule has 1 heterocycles. The van der Waals surface area contributed by atoms with Crippen LogP contribution >= 0.6 is 22.6 Å². The van der Waals surface area contributed by atoms with E-state index < -0.39 is 22.0 Å². The molecule has 8 nitrogen and oxygen atoms in total. The smallest absolute Gasteiger partial charge is 0.258 e. The molecule has 0 radical (unpaired) electrons. The Labute approximate surface area is 257 Å². The number of carbonyl (C=O) groups excluding carboxylic acids is 1. The van der Waals surface area contributed by atoms with Crippen LogP contribution in [0.3, 0.4) is 0 Å². The summed E-state index contributed by atoms with van der Waals surface area (Å²) in [6, 6.07) is 32.0. The number of halogens is 1. The van der Waals surface area contributed by atoms with E-state index in [2.05, 4.69) is 43.9 Å². The fourth-order valence-corrected chi connectivity index (χ4v) is 6.16. The first-order valence-corrected chi connectivity index (χ1v) is 15.6. The highest BCUT2D eigenvalue weighted by Gasteiger charge is 2.26. The average Bonchev–Trinajstić information content (AvgIpc) is 3.34. The Morgan fingerprint density at radius 2 is 1.64 bits per heavy atom. The van der Waals surface area contributed by atoms with Gasteiger partial charge in [0, 0.05) is 32.8 Å². The zero-order valence-corrected chi connectivity index (χ0v) is 25.3. The first-order valence-electron chi connectivity index (χ1n) is 13.0. The number of carbonyl (C=O) groups is 1. The van der Waals surface area contributed by atoms with Crippen molar-refractivity contribution in [1.82, 2.24) is 14.7 Å². The molecule has 1 aromatic heterocycles. The number of nitrogens with one attached hydrogen (secondary N) is 2. The number of hydrogen-bond donors (Lipinski definition) is 2. The number of hydrogen-bond acceptors (Lipinski definition) is 5. The maximum atomic E-state index is 13.3. The highest BCUT2D eigenvalue weighted by molar-refractivity contribution is 14.1. The highest BCUT2D eigenvalue weighted by Crippen LogP contribution is 2.22. The van der Waals surface area contributed by atoms with E-state index in [9.17, 15) is 18.5 Å². The molecule has 0 saturated heterocycles. The van der Waals surface area contributed by atoms with Crippen LogP contribution in [-0.4, -0.2) is 31.1 Å². The number of para-hydroxylation sites is 1. The minimum Gasteiger partial charge on any atom is -0.342 e. The molecule has 0 aliphatic heterocycles. The molecule has 0 spiro atoms. The van der Waals surface area contributed by atoms with Crippen LogP contribution in [0, 0.1) is 14.9 Å². The second-order valence-electron chi connectivity index (χ2n) is 9.55. The molecule has 0 fully saturated rings. The molecule has 0 saturated carbocycles. The topological polar surface area (TPSA) is 116 Å². The quantitative estimate of drug-likeness (QED) is 0.119. The van der Waals surface area contributed by atoms with Crippen molar-refractivity contribution in [2.45, 2.75) is 23.9 Å². The van der Waals surface area contributed by atoms with Gasteiger partial charge in [-0.2, -0.15) is 15.1 Å². The number of hydrazone groups is 1. The lowest BCUT2D eigenvalue weighted by Crippen LogP contribution is -2.46. The van der Waals surface area contributed by atoms with Crippen molar-refractivity contribution in [3.05, 3.63) is 135 Å². The molecule has 5 rings (SSSR count). The number of sulfonamides is 1. The van der Waals surface area contributed by atoms with Gasteiger partial charge in [0.15, 0.2) is 0 Å². The van der Waals surface area contributed by atoms with E-state index in [1.807, 2.05) is 83.6 Å². The minimum atomic E-state index is -3.97. The van der Waals surface area contributed by atoms with Gasteiger partial charge in [-0.15, -0.1) is 0 Å². The summed E-state index contributed by atoms with van der Waals surface area (Å²) in [7, 11) is -3.97. The van der Waals surface area contributed by atoms with Gasteiger partial charge in [-0.3, -0.25) is 4.79 Å². The maximum Gasteiger partial charge on any atom is 0.258 e. The summed E-state index contributed by atoms with van der Waals surface area (Å²) >= 11 is 2.10. The summed E-state index contributed by atoms with van der Waals surface area (Å²) in [5, 5.41) is 14.6. The molecule has 5 aromatic rings. The van der Waals surface area contributed by atoms with Gasteiger partial charge in [0.25, 0.3) is 5.91 Å². The lowest BCUT2D eigenvalue weighted by molar-refractivity contribution is -0.122. The molecule has 1 atom stereocenters. The molecule has 0 bridgehead atoms.